The largest absolute Gasteiger partial charge is 0.383 e. The fourth-order valence-electron chi connectivity index (χ4n) is 3.70. The van der Waals surface area contributed by atoms with E-state index in [0.29, 0.717) is 12.1 Å². The smallest absolute Gasteiger partial charge is 0.257 e. The molecule has 0 aliphatic heterocycles. The Labute approximate surface area is 161 Å². The molecule has 27 heavy (non-hydrogen) atoms. The maximum atomic E-state index is 12.9. The molecular weight excluding hydrogens is 334 g/mol. The molecule has 4 heteroatoms. The van der Waals surface area contributed by atoms with E-state index >= 15 is 0 Å². The molecule has 142 valence electrons. The highest BCUT2D eigenvalue weighted by molar-refractivity contribution is 5.92. The number of nitrogens with zero attached hydrogens (tertiary/aromatic N) is 2. The van der Waals surface area contributed by atoms with Gasteiger partial charge in [-0.05, 0) is 45.9 Å². The first kappa shape index (κ1) is 19.2. The minimum Gasteiger partial charge on any atom is -0.383 e. The van der Waals surface area contributed by atoms with E-state index in [9.17, 15) is 4.79 Å². The Morgan fingerprint density at radius 1 is 0.926 bits per heavy atom. The monoisotopic (exact) mass is 363 g/mol. The molecule has 4 nitrogen and oxygen atoms in total. The van der Waals surface area contributed by atoms with Gasteiger partial charge in [0, 0.05) is 48.0 Å². The second kappa shape index (κ2) is 8.40. The molecule has 0 atom stereocenters. The summed E-state index contributed by atoms with van der Waals surface area (Å²) >= 11 is 0. The second-order valence-electron chi connectivity index (χ2n) is 7.44. The molecule has 0 radical (unpaired) electrons. The molecule has 0 saturated carbocycles. The number of hydrogen-bond acceptors (Lipinski definition) is 3. The summed E-state index contributed by atoms with van der Waals surface area (Å²) in [6.45, 7) is 10.6. The number of pyridine rings is 1. The molecule has 3 aromatic rings. The number of para-hydroxylation sites is 2. The third-order valence-corrected chi connectivity index (χ3v) is 4.95. The van der Waals surface area contributed by atoms with Gasteiger partial charge < -0.3 is 5.32 Å². The van der Waals surface area contributed by atoms with Gasteiger partial charge in [-0.1, -0.05) is 36.4 Å². The Kier molecular flexibility index (Phi) is 5.97. The fourth-order valence-corrected chi connectivity index (χ4v) is 3.70. The summed E-state index contributed by atoms with van der Waals surface area (Å²) < 4.78 is 1.77. The summed E-state index contributed by atoms with van der Waals surface area (Å²) in [5.74, 6) is 0. The second-order valence-corrected chi connectivity index (χ2v) is 7.44. The Balaban J connectivity index is 1.93. The Hall–Kier alpha value is -2.59. The molecule has 0 fully saturated rings. The van der Waals surface area contributed by atoms with Crippen LogP contribution < -0.4 is 10.9 Å². The number of rotatable bonds is 7. The predicted molar refractivity (Wildman–Crippen MR) is 115 cm³/mol. The molecule has 1 heterocycles. The number of benzene rings is 2. The first-order valence-corrected chi connectivity index (χ1v) is 9.69. The molecular formula is C23H29N3O. The summed E-state index contributed by atoms with van der Waals surface area (Å²) in [6.07, 6.45) is 0. The summed E-state index contributed by atoms with van der Waals surface area (Å²) in [6, 6.07) is 20.6. The van der Waals surface area contributed by atoms with Gasteiger partial charge in [0.15, 0.2) is 0 Å². The maximum Gasteiger partial charge on any atom is 0.257 e. The van der Waals surface area contributed by atoms with Gasteiger partial charge in [-0.25, -0.2) is 0 Å². The van der Waals surface area contributed by atoms with E-state index in [0.717, 1.165) is 35.4 Å². The molecule has 3 rings (SSSR count). The van der Waals surface area contributed by atoms with Crippen LogP contribution in [0.15, 0.2) is 65.5 Å². The average Bonchev–Trinajstić information content (AvgIpc) is 2.65. The van der Waals surface area contributed by atoms with Crippen molar-refractivity contribution < 1.29 is 0 Å². The zero-order chi connectivity index (χ0) is 19.4. The molecule has 0 amide bonds. The number of nitrogens with one attached hydrogen (secondary N) is 1. The molecule has 0 aliphatic carbocycles. The van der Waals surface area contributed by atoms with Gasteiger partial charge in [0.1, 0.15) is 0 Å². The minimum atomic E-state index is -0.0213. The van der Waals surface area contributed by atoms with Crippen molar-refractivity contribution in [3.63, 3.8) is 0 Å². The van der Waals surface area contributed by atoms with Crippen LogP contribution >= 0.6 is 0 Å². The lowest BCUT2D eigenvalue weighted by Gasteiger charge is -2.30. The lowest BCUT2D eigenvalue weighted by atomic mass is 10.1. The fraction of sp³-hybridized carbons (Fsp3) is 0.348. The lowest BCUT2D eigenvalue weighted by molar-refractivity contribution is 0.182. The normalized spacial score (nSPS) is 11.7. The zero-order valence-corrected chi connectivity index (χ0v) is 16.6. The van der Waals surface area contributed by atoms with Gasteiger partial charge in [-0.3, -0.25) is 14.3 Å². The van der Waals surface area contributed by atoms with Crippen LogP contribution in [0, 0.1) is 0 Å². The number of aromatic nitrogens is 1. The molecule has 2 aromatic carbocycles. The van der Waals surface area contributed by atoms with Crippen molar-refractivity contribution in [2.24, 2.45) is 0 Å². The summed E-state index contributed by atoms with van der Waals surface area (Å²) in [4.78, 5) is 15.3. The average molecular weight is 364 g/mol. The highest BCUT2D eigenvalue weighted by atomic mass is 16.1. The van der Waals surface area contributed by atoms with Crippen LogP contribution in [0.4, 0.5) is 5.69 Å². The highest BCUT2D eigenvalue weighted by Gasteiger charge is 2.14. The lowest BCUT2D eigenvalue weighted by Crippen LogP contribution is -2.40. The van der Waals surface area contributed by atoms with E-state index in [2.05, 4.69) is 44.0 Å². The molecule has 0 saturated heterocycles. The van der Waals surface area contributed by atoms with Crippen LogP contribution in [-0.2, 0) is 0 Å². The quantitative estimate of drug-likeness (QED) is 0.670. The van der Waals surface area contributed by atoms with Gasteiger partial charge >= 0.3 is 0 Å². The summed E-state index contributed by atoms with van der Waals surface area (Å²) in [7, 11) is 0. The van der Waals surface area contributed by atoms with Crippen LogP contribution in [0.2, 0.25) is 0 Å². The van der Waals surface area contributed by atoms with E-state index in [-0.39, 0.29) is 5.56 Å². The third kappa shape index (κ3) is 4.22. The van der Waals surface area contributed by atoms with Crippen molar-refractivity contribution >= 4 is 16.6 Å². The Bertz CT molecular complexity index is 937. The molecule has 1 N–H and O–H groups in total. The predicted octanol–water partition coefficient (Wildman–Crippen LogP) is 4.52. The number of fused-ring (bicyclic) bond motifs is 1. The van der Waals surface area contributed by atoms with Crippen molar-refractivity contribution in [2.75, 3.05) is 18.4 Å². The van der Waals surface area contributed by atoms with Gasteiger partial charge in [-0.2, -0.15) is 0 Å². The Morgan fingerprint density at radius 2 is 1.56 bits per heavy atom. The van der Waals surface area contributed by atoms with Crippen molar-refractivity contribution in [1.82, 2.24) is 9.47 Å². The van der Waals surface area contributed by atoms with Crippen molar-refractivity contribution in [1.29, 1.82) is 0 Å². The van der Waals surface area contributed by atoms with E-state index in [1.54, 1.807) is 10.6 Å². The van der Waals surface area contributed by atoms with Crippen LogP contribution in [0.5, 0.6) is 0 Å². The third-order valence-electron chi connectivity index (χ3n) is 4.95. The van der Waals surface area contributed by atoms with Crippen molar-refractivity contribution in [3.05, 3.63) is 71.0 Å². The van der Waals surface area contributed by atoms with Crippen LogP contribution in [0.1, 0.15) is 27.7 Å². The Morgan fingerprint density at radius 3 is 2.22 bits per heavy atom. The van der Waals surface area contributed by atoms with Crippen molar-refractivity contribution in [3.8, 4) is 5.69 Å². The van der Waals surface area contributed by atoms with E-state index in [1.807, 2.05) is 48.5 Å². The topological polar surface area (TPSA) is 37.3 Å². The first-order valence-electron chi connectivity index (χ1n) is 9.69. The van der Waals surface area contributed by atoms with E-state index < -0.39 is 0 Å². The summed E-state index contributed by atoms with van der Waals surface area (Å²) in [5.41, 5.74) is 2.68. The van der Waals surface area contributed by atoms with Gasteiger partial charge in [0.2, 0.25) is 0 Å². The van der Waals surface area contributed by atoms with E-state index in [4.69, 9.17) is 0 Å². The van der Waals surface area contributed by atoms with E-state index in [1.165, 1.54) is 0 Å². The van der Waals surface area contributed by atoms with Crippen LogP contribution in [0.3, 0.4) is 0 Å². The molecule has 0 aliphatic rings. The molecule has 0 bridgehead atoms. The minimum absolute atomic E-state index is 0.0213. The first-order chi connectivity index (χ1) is 13.0. The molecule has 1 aromatic heterocycles. The molecule has 0 unspecified atom stereocenters. The van der Waals surface area contributed by atoms with Gasteiger partial charge in [0.05, 0.1) is 5.52 Å². The highest BCUT2D eigenvalue weighted by Crippen LogP contribution is 2.23. The SMILES string of the molecule is CC(C)N(CCNc1cc(=O)n(-c2ccccc2)c2ccccc12)C(C)C. The molecule has 0 spiro atoms. The van der Waals surface area contributed by atoms with Crippen LogP contribution in [-0.4, -0.2) is 34.6 Å². The van der Waals surface area contributed by atoms with Gasteiger partial charge in [-0.15, -0.1) is 0 Å². The zero-order valence-electron chi connectivity index (χ0n) is 16.6. The maximum absolute atomic E-state index is 12.9. The standard InChI is InChI=1S/C23H29N3O/c1-17(2)25(18(3)4)15-14-24-21-16-23(27)26(19-10-6-5-7-11-19)22-13-9-8-12-20(21)22/h5-13,16-18,24H,14-15H2,1-4H3. The van der Waals surface area contributed by atoms with Crippen LogP contribution in [0.25, 0.3) is 16.6 Å². The number of hydrogen-bond donors (Lipinski definition) is 1. The van der Waals surface area contributed by atoms with Crippen molar-refractivity contribution in [2.45, 2.75) is 39.8 Å². The summed E-state index contributed by atoms with van der Waals surface area (Å²) in [5, 5.41) is 4.55. The van der Waals surface area contributed by atoms with Gasteiger partial charge in [0.25, 0.3) is 5.56 Å². The number of anilines is 1.